The van der Waals surface area contributed by atoms with Gasteiger partial charge in [-0.05, 0) is 26.0 Å². The molecule has 0 radical (unpaired) electrons. The molecule has 7 nitrogen and oxygen atoms in total. The van der Waals surface area contributed by atoms with E-state index in [0.717, 1.165) is 68.0 Å². The van der Waals surface area contributed by atoms with E-state index in [-0.39, 0.29) is 0 Å². The van der Waals surface area contributed by atoms with Crippen molar-refractivity contribution in [1.82, 2.24) is 20.3 Å². The van der Waals surface area contributed by atoms with Crippen molar-refractivity contribution >= 4 is 17.6 Å². The third-order valence-electron chi connectivity index (χ3n) is 4.72. The first kappa shape index (κ1) is 20.5. The zero-order valence-corrected chi connectivity index (χ0v) is 17.5. The van der Waals surface area contributed by atoms with Crippen LogP contribution in [0, 0.1) is 6.92 Å². The molecule has 1 N–H and O–H groups in total. The lowest BCUT2D eigenvalue weighted by atomic mass is 10.2. The maximum Gasteiger partial charge on any atom is 0.194 e. The topological polar surface area (TPSA) is 66.1 Å². The molecule has 0 unspecified atom stereocenters. The quantitative estimate of drug-likeness (QED) is 0.588. The van der Waals surface area contributed by atoms with Crippen molar-refractivity contribution in [3.8, 4) is 5.75 Å². The fraction of sp³-hybridized carbons (Fsp3) is 0.500. The molecular formula is C20H28ClN5O2. The number of aromatic nitrogens is 1. The van der Waals surface area contributed by atoms with E-state index in [2.05, 4.69) is 27.2 Å². The van der Waals surface area contributed by atoms with E-state index in [9.17, 15) is 0 Å². The highest BCUT2D eigenvalue weighted by Gasteiger charge is 2.20. The monoisotopic (exact) mass is 405 g/mol. The molecular weight excluding hydrogens is 378 g/mol. The van der Waals surface area contributed by atoms with Crippen LogP contribution in [0.5, 0.6) is 5.75 Å². The number of nitrogens with one attached hydrogen (secondary N) is 1. The zero-order chi connectivity index (χ0) is 19.9. The first-order valence-corrected chi connectivity index (χ1v) is 9.97. The van der Waals surface area contributed by atoms with Gasteiger partial charge in [-0.1, -0.05) is 22.8 Å². The summed E-state index contributed by atoms with van der Waals surface area (Å²) in [4.78, 5) is 9.51. The van der Waals surface area contributed by atoms with Crippen molar-refractivity contribution < 1.29 is 9.26 Å². The molecule has 1 aromatic carbocycles. The average molecular weight is 406 g/mol. The van der Waals surface area contributed by atoms with Gasteiger partial charge < -0.3 is 19.5 Å². The molecule has 1 aliphatic heterocycles. The number of hydrogen-bond acceptors (Lipinski definition) is 5. The number of methoxy groups -OCH3 is 1. The lowest BCUT2D eigenvalue weighted by Crippen LogP contribution is -2.52. The third kappa shape index (κ3) is 5.39. The Hall–Kier alpha value is -2.25. The summed E-state index contributed by atoms with van der Waals surface area (Å²) in [6, 6.07) is 7.65. The Kier molecular flexibility index (Phi) is 7.17. The molecule has 152 valence electrons. The normalized spacial score (nSPS) is 15.7. The Morgan fingerprint density at radius 1 is 1.29 bits per heavy atom. The SMILES string of the molecule is CCNC(=NCc1ccc(Cl)cc1OC)N1CCN(Cc2cc(C)on2)CC1. The fourth-order valence-electron chi connectivity index (χ4n) is 3.27. The molecule has 1 aliphatic rings. The minimum Gasteiger partial charge on any atom is -0.496 e. The van der Waals surface area contributed by atoms with Crippen LogP contribution in [-0.4, -0.2) is 60.7 Å². The number of rotatable bonds is 6. The Labute approximate surface area is 171 Å². The van der Waals surface area contributed by atoms with Crippen LogP contribution in [0.1, 0.15) is 23.9 Å². The number of nitrogens with zero attached hydrogens (tertiary/aromatic N) is 4. The molecule has 2 heterocycles. The molecule has 0 atom stereocenters. The fourth-order valence-corrected chi connectivity index (χ4v) is 3.44. The van der Waals surface area contributed by atoms with Crippen molar-refractivity contribution in [2.45, 2.75) is 26.9 Å². The first-order valence-electron chi connectivity index (χ1n) is 9.59. The van der Waals surface area contributed by atoms with Crippen molar-refractivity contribution in [3.63, 3.8) is 0 Å². The van der Waals surface area contributed by atoms with Crippen molar-refractivity contribution in [3.05, 3.63) is 46.3 Å². The Morgan fingerprint density at radius 2 is 2.07 bits per heavy atom. The summed E-state index contributed by atoms with van der Waals surface area (Å²) in [5.74, 6) is 2.55. The molecule has 0 spiro atoms. The standard InChI is InChI=1S/C20H28ClN5O2/c1-4-22-20(23-13-16-5-6-17(21)12-19(16)27-3)26-9-7-25(8-10-26)14-18-11-15(2)28-24-18/h5-6,11-12H,4,7-10,13-14H2,1-3H3,(H,22,23). The first-order chi connectivity index (χ1) is 13.6. The van der Waals surface area contributed by atoms with Crippen LogP contribution in [0.3, 0.4) is 0 Å². The Morgan fingerprint density at radius 3 is 2.71 bits per heavy atom. The van der Waals surface area contributed by atoms with E-state index < -0.39 is 0 Å². The number of piperazine rings is 1. The second-order valence-corrected chi connectivity index (χ2v) is 7.25. The van der Waals surface area contributed by atoms with Crippen molar-refractivity contribution in [1.29, 1.82) is 0 Å². The molecule has 1 fully saturated rings. The number of aliphatic imine (C=N–C) groups is 1. The van der Waals surface area contributed by atoms with Gasteiger partial charge in [0, 0.05) is 55.9 Å². The van der Waals surface area contributed by atoms with Crippen LogP contribution >= 0.6 is 11.6 Å². The number of guanidine groups is 1. The second-order valence-electron chi connectivity index (χ2n) is 6.82. The molecule has 0 saturated carbocycles. The summed E-state index contributed by atoms with van der Waals surface area (Å²) in [6.45, 7) is 9.95. The number of aryl methyl sites for hydroxylation is 1. The van der Waals surface area contributed by atoms with Crippen LogP contribution < -0.4 is 10.1 Å². The zero-order valence-electron chi connectivity index (χ0n) is 16.7. The Balaban J connectivity index is 1.60. The maximum atomic E-state index is 6.05. The van der Waals surface area contributed by atoms with Gasteiger partial charge in [-0.25, -0.2) is 4.99 Å². The van der Waals surface area contributed by atoms with Gasteiger partial charge in [0.25, 0.3) is 0 Å². The van der Waals surface area contributed by atoms with E-state index in [1.54, 1.807) is 7.11 Å². The van der Waals surface area contributed by atoms with Gasteiger partial charge in [0.2, 0.25) is 0 Å². The molecule has 28 heavy (non-hydrogen) atoms. The highest BCUT2D eigenvalue weighted by atomic mass is 35.5. The minimum absolute atomic E-state index is 0.543. The van der Waals surface area contributed by atoms with Crippen LogP contribution in [0.15, 0.2) is 33.8 Å². The summed E-state index contributed by atoms with van der Waals surface area (Å²) < 4.78 is 10.6. The maximum absolute atomic E-state index is 6.05. The molecule has 0 aliphatic carbocycles. The van der Waals surface area contributed by atoms with Gasteiger partial charge in [-0.15, -0.1) is 0 Å². The third-order valence-corrected chi connectivity index (χ3v) is 4.95. The summed E-state index contributed by atoms with van der Waals surface area (Å²) in [5, 5.41) is 8.16. The smallest absolute Gasteiger partial charge is 0.194 e. The number of benzene rings is 1. The lowest BCUT2D eigenvalue weighted by molar-refractivity contribution is 0.169. The van der Waals surface area contributed by atoms with Gasteiger partial charge in [0.05, 0.1) is 19.3 Å². The lowest BCUT2D eigenvalue weighted by Gasteiger charge is -2.36. The summed E-state index contributed by atoms with van der Waals surface area (Å²) in [7, 11) is 1.65. The largest absolute Gasteiger partial charge is 0.496 e. The van der Waals surface area contributed by atoms with Crippen molar-refractivity contribution in [2.75, 3.05) is 39.8 Å². The van der Waals surface area contributed by atoms with Crippen molar-refractivity contribution in [2.24, 2.45) is 4.99 Å². The predicted molar refractivity (Wildman–Crippen MR) is 111 cm³/mol. The number of ether oxygens (including phenoxy) is 1. The van der Waals surface area contributed by atoms with E-state index in [1.807, 2.05) is 31.2 Å². The molecule has 0 amide bonds. The van der Waals surface area contributed by atoms with E-state index in [1.165, 1.54) is 0 Å². The molecule has 8 heteroatoms. The summed E-state index contributed by atoms with van der Waals surface area (Å²) in [6.07, 6.45) is 0. The van der Waals surface area contributed by atoms with E-state index >= 15 is 0 Å². The van der Waals surface area contributed by atoms with E-state index in [0.29, 0.717) is 11.6 Å². The molecule has 2 aromatic rings. The molecule has 3 rings (SSSR count). The number of hydrogen-bond donors (Lipinski definition) is 1. The summed E-state index contributed by atoms with van der Waals surface area (Å²) in [5.41, 5.74) is 2.00. The highest BCUT2D eigenvalue weighted by Crippen LogP contribution is 2.23. The highest BCUT2D eigenvalue weighted by molar-refractivity contribution is 6.30. The van der Waals surface area contributed by atoms with Gasteiger partial charge in [0.15, 0.2) is 5.96 Å². The predicted octanol–water partition coefficient (Wildman–Crippen LogP) is 2.93. The van der Waals surface area contributed by atoms with Gasteiger partial charge >= 0.3 is 0 Å². The Bertz CT molecular complexity index is 800. The van der Waals surface area contributed by atoms with Crippen LogP contribution in [0.4, 0.5) is 0 Å². The van der Waals surface area contributed by atoms with E-state index in [4.69, 9.17) is 25.9 Å². The molecule has 0 bridgehead atoms. The second kappa shape index (κ2) is 9.80. The summed E-state index contributed by atoms with van der Waals surface area (Å²) >= 11 is 6.05. The average Bonchev–Trinajstić information content (AvgIpc) is 3.11. The van der Waals surface area contributed by atoms with Crippen LogP contribution in [0.2, 0.25) is 5.02 Å². The molecule has 1 saturated heterocycles. The number of halogens is 1. The van der Waals surface area contributed by atoms with Crippen LogP contribution in [0.25, 0.3) is 0 Å². The molecule has 1 aromatic heterocycles. The minimum atomic E-state index is 0.543. The van der Waals surface area contributed by atoms with Crippen LogP contribution in [-0.2, 0) is 13.1 Å². The van der Waals surface area contributed by atoms with Gasteiger partial charge in [-0.2, -0.15) is 0 Å². The van der Waals surface area contributed by atoms with Gasteiger partial charge in [-0.3, -0.25) is 4.90 Å². The van der Waals surface area contributed by atoms with Gasteiger partial charge in [0.1, 0.15) is 11.5 Å².